The van der Waals surface area contributed by atoms with E-state index in [9.17, 15) is 0 Å². The van der Waals surface area contributed by atoms with Gasteiger partial charge in [-0.25, -0.2) is 0 Å². The van der Waals surface area contributed by atoms with Gasteiger partial charge in [-0.05, 0) is 0 Å². The SMILES string of the molecule is Clc1c[nH]c2ccoc12. The first-order valence-electron chi connectivity index (χ1n) is 2.58. The molecule has 0 aliphatic heterocycles. The van der Waals surface area contributed by atoms with Crippen molar-refractivity contribution >= 4 is 22.7 Å². The smallest absolute Gasteiger partial charge is 0.170 e. The van der Waals surface area contributed by atoms with Gasteiger partial charge in [-0.1, -0.05) is 11.6 Å². The fourth-order valence-electron chi connectivity index (χ4n) is 0.815. The number of furan rings is 1. The summed E-state index contributed by atoms with van der Waals surface area (Å²) in [5.41, 5.74) is 1.68. The van der Waals surface area contributed by atoms with Crippen LogP contribution < -0.4 is 0 Å². The summed E-state index contributed by atoms with van der Waals surface area (Å²) in [6.07, 6.45) is 3.31. The Labute approximate surface area is 56.4 Å². The van der Waals surface area contributed by atoms with E-state index in [2.05, 4.69) is 4.98 Å². The van der Waals surface area contributed by atoms with Crippen molar-refractivity contribution < 1.29 is 4.42 Å². The van der Waals surface area contributed by atoms with Gasteiger partial charge < -0.3 is 9.40 Å². The van der Waals surface area contributed by atoms with E-state index in [1.54, 1.807) is 12.5 Å². The lowest BCUT2D eigenvalue weighted by atomic mass is 10.5. The highest BCUT2D eigenvalue weighted by Crippen LogP contribution is 2.22. The number of hydrogen-bond acceptors (Lipinski definition) is 1. The van der Waals surface area contributed by atoms with E-state index in [0.717, 1.165) is 11.1 Å². The molecule has 2 aromatic rings. The van der Waals surface area contributed by atoms with Crippen LogP contribution in [0, 0.1) is 0 Å². The maximum Gasteiger partial charge on any atom is 0.170 e. The summed E-state index contributed by atoms with van der Waals surface area (Å²) in [7, 11) is 0. The van der Waals surface area contributed by atoms with Gasteiger partial charge in [0.05, 0.1) is 11.8 Å². The van der Waals surface area contributed by atoms with E-state index in [1.807, 2.05) is 6.07 Å². The lowest BCUT2D eigenvalue weighted by molar-refractivity contribution is 0.616. The molecule has 0 fully saturated rings. The normalized spacial score (nSPS) is 10.8. The van der Waals surface area contributed by atoms with Gasteiger partial charge in [0.1, 0.15) is 5.02 Å². The van der Waals surface area contributed by atoms with Crippen molar-refractivity contribution in [3.63, 3.8) is 0 Å². The van der Waals surface area contributed by atoms with Crippen LogP contribution in [0.4, 0.5) is 0 Å². The van der Waals surface area contributed by atoms with Gasteiger partial charge in [0.15, 0.2) is 5.58 Å². The van der Waals surface area contributed by atoms with Crippen LogP contribution in [0.2, 0.25) is 5.02 Å². The van der Waals surface area contributed by atoms with Crippen molar-refractivity contribution in [2.24, 2.45) is 0 Å². The average Bonchev–Trinajstić information content (AvgIpc) is 2.35. The molecule has 0 saturated carbocycles. The summed E-state index contributed by atoms with van der Waals surface area (Å²) in [6.45, 7) is 0. The topological polar surface area (TPSA) is 28.9 Å². The molecule has 0 spiro atoms. The minimum Gasteiger partial charge on any atom is -0.461 e. The summed E-state index contributed by atoms with van der Waals surface area (Å²) in [4.78, 5) is 2.94. The van der Waals surface area contributed by atoms with Gasteiger partial charge >= 0.3 is 0 Å². The van der Waals surface area contributed by atoms with E-state index in [-0.39, 0.29) is 0 Å². The highest BCUT2D eigenvalue weighted by molar-refractivity contribution is 6.34. The molecule has 46 valence electrons. The van der Waals surface area contributed by atoms with E-state index in [0.29, 0.717) is 5.02 Å². The van der Waals surface area contributed by atoms with Crippen molar-refractivity contribution in [2.45, 2.75) is 0 Å². The first-order valence-corrected chi connectivity index (χ1v) is 2.96. The Balaban J connectivity index is 2.99. The Morgan fingerprint density at radius 3 is 3.22 bits per heavy atom. The highest BCUT2D eigenvalue weighted by atomic mass is 35.5. The highest BCUT2D eigenvalue weighted by Gasteiger charge is 2.01. The Hall–Kier alpha value is -0.890. The second-order valence-electron chi connectivity index (χ2n) is 1.80. The number of H-pyrrole nitrogens is 1. The molecule has 0 aliphatic carbocycles. The van der Waals surface area contributed by atoms with Gasteiger partial charge in [0, 0.05) is 12.3 Å². The summed E-state index contributed by atoms with van der Waals surface area (Å²) in [6, 6.07) is 1.83. The lowest BCUT2D eigenvalue weighted by Crippen LogP contribution is -1.49. The zero-order valence-electron chi connectivity index (χ0n) is 4.52. The number of aromatic amines is 1. The van der Waals surface area contributed by atoms with Crippen LogP contribution in [0.15, 0.2) is 22.9 Å². The number of hydrogen-bond donors (Lipinski definition) is 1. The summed E-state index contributed by atoms with van der Waals surface area (Å²) >= 11 is 5.69. The lowest BCUT2D eigenvalue weighted by Gasteiger charge is -1.73. The van der Waals surface area contributed by atoms with Crippen molar-refractivity contribution in [1.29, 1.82) is 0 Å². The second kappa shape index (κ2) is 1.54. The fraction of sp³-hybridized carbons (Fsp3) is 0. The first-order chi connectivity index (χ1) is 4.38. The molecule has 1 N–H and O–H groups in total. The number of aromatic nitrogens is 1. The molecular weight excluding hydrogens is 138 g/mol. The second-order valence-corrected chi connectivity index (χ2v) is 2.21. The molecule has 9 heavy (non-hydrogen) atoms. The predicted octanol–water partition coefficient (Wildman–Crippen LogP) is 2.41. The summed E-state index contributed by atoms with van der Waals surface area (Å²) < 4.78 is 5.03. The molecule has 0 aliphatic rings. The van der Waals surface area contributed by atoms with Gasteiger partial charge in [0.2, 0.25) is 0 Å². The summed E-state index contributed by atoms with van der Waals surface area (Å²) in [5, 5.41) is 0.634. The van der Waals surface area contributed by atoms with Crippen LogP contribution in [0.1, 0.15) is 0 Å². The molecule has 0 unspecified atom stereocenters. The minimum atomic E-state index is 0.634. The number of halogens is 1. The first kappa shape index (κ1) is 4.94. The van der Waals surface area contributed by atoms with Crippen LogP contribution >= 0.6 is 11.6 Å². The quantitative estimate of drug-likeness (QED) is 0.600. The maximum atomic E-state index is 5.69. The third-order valence-corrected chi connectivity index (χ3v) is 1.52. The molecular formula is C6H4ClNO. The molecule has 0 bridgehead atoms. The standard InChI is InChI=1S/C6H4ClNO/c7-4-3-8-5-1-2-9-6(4)5/h1-3,8H. The van der Waals surface area contributed by atoms with E-state index in [1.165, 1.54) is 0 Å². The summed E-state index contributed by atoms with van der Waals surface area (Å²) in [5.74, 6) is 0. The molecule has 0 amide bonds. The largest absolute Gasteiger partial charge is 0.461 e. The Morgan fingerprint density at radius 1 is 1.56 bits per heavy atom. The number of rotatable bonds is 0. The third kappa shape index (κ3) is 0.566. The molecule has 0 radical (unpaired) electrons. The molecule has 0 aromatic carbocycles. The molecule has 2 heterocycles. The van der Waals surface area contributed by atoms with Crippen LogP contribution in [0.3, 0.4) is 0 Å². The average molecular weight is 142 g/mol. The van der Waals surface area contributed by atoms with Gasteiger partial charge in [-0.2, -0.15) is 0 Å². The van der Waals surface area contributed by atoms with Crippen molar-refractivity contribution in [3.05, 3.63) is 23.5 Å². The van der Waals surface area contributed by atoms with Crippen LogP contribution in [-0.2, 0) is 0 Å². The van der Waals surface area contributed by atoms with Crippen molar-refractivity contribution in [3.8, 4) is 0 Å². The van der Waals surface area contributed by atoms with Crippen LogP contribution in [0.5, 0.6) is 0 Å². The predicted molar refractivity (Wildman–Crippen MR) is 35.6 cm³/mol. The Kier molecular flexibility index (Phi) is 0.848. The van der Waals surface area contributed by atoms with Gasteiger partial charge in [-0.3, -0.25) is 0 Å². The molecule has 2 aromatic heterocycles. The van der Waals surface area contributed by atoms with Gasteiger partial charge in [-0.15, -0.1) is 0 Å². The number of nitrogens with one attached hydrogen (secondary N) is 1. The molecule has 0 saturated heterocycles. The molecule has 3 heteroatoms. The zero-order chi connectivity index (χ0) is 6.27. The van der Waals surface area contributed by atoms with E-state index >= 15 is 0 Å². The monoisotopic (exact) mass is 141 g/mol. The van der Waals surface area contributed by atoms with Crippen LogP contribution in [0.25, 0.3) is 11.1 Å². The van der Waals surface area contributed by atoms with Crippen molar-refractivity contribution in [2.75, 3.05) is 0 Å². The van der Waals surface area contributed by atoms with Gasteiger partial charge in [0.25, 0.3) is 0 Å². The Bertz CT molecular complexity index is 322. The third-order valence-electron chi connectivity index (χ3n) is 1.24. The van der Waals surface area contributed by atoms with Crippen LogP contribution in [-0.4, -0.2) is 4.98 Å². The van der Waals surface area contributed by atoms with Crippen molar-refractivity contribution in [1.82, 2.24) is 4.98 Å². The molecule has 0 atom stereocenters. The van der Waals surface area contributed by atoms with E-state index in [4.69, 9.17) is 16.0 Å². The maximum absolute atomic E-state index is 5.69. The fourth-order valence-corrected chi connectivity index (χ4v) is 1.02. The zero-order valence-corrected chi connectivity index (χ0v) is 5.27. The Morgan fingerprint density at radius 2 is 2.44 bits per heavy atom. The minimum absolute atomic E-state index is 0.634. The number of fused-ring (bicyclic) bond motifs is 1. The molecule has 2 rings (SSSR count). The van der Waals surface area contributed by atoms with E-state index < -0.39 is 0 Å². The molecule has 2 nitrogen and oxygen atoms in total.